The van der Waals surface area contributed by atoms with Crippen LogP contribution >= 0.6 is 11.6 Å². The topological polar surface area (TPSA) is 41.6 Å². The van der Waals surface area contributed by atoms with Crippen LogP contribution in [0.5, 0.6) is 5.75 Å². The molecule has 24 heavy (non-hydrogen) atoms. The van der Waals surface area contributed by atoms with Gasteiger partial charge in [-0.3, -0.25) is 9.69 Å². The number of carbonyl (C=O) groups is 1. The normalized spacial score (nSPS) is 12.0. The monoisotopic (exact) mass is 350 g/mol. The number of ether oxygens (including phenoxy) is 1. The van der Waals surface area contributed by atoms with Crippen LogP contribution in [-0.2, 0) is 4.79 Å². The van der Waals surface area contributed by atoms with Crippen molar-refractivity contribution >= 4 is 23.2 Å². The van der Waals surface area contributed by atoms with Crippen LogP contribution < -0.4 is 10.1 Å². The second-order valence-electron chi connectivity index (χ2n) is 5.44. The highest BCUT2D eigenvalue weighted by Gasteiger charge is 2.18. The lowest BCUT2D eigenvalue weighted by Gasteiger charge is -2.23. The largest absolute Gasteiger partial charge is 0.492 e. The Morgan fingerprint density at radius 2 is 2.00 bits per heavy atom. The number of halogens is 2. The summed E-state index contributed by atoms with van der Waals surface area (Å²) in [7, 11) is 1.84. The van der Waals surface area contributed by atoms with E-state index in [-0.39, 0.29) is 17.0 Å². The molecule has 2 rings (SSSR count). The molecule has 2 aromatic rings. The van der Waals surface area contributed by atoms with E-state index in [1.807, 2.05) is 42.3 Å². The first-order chi connectivity index (χ1) is 11.5. The maximum absolute atomic E-state index is 13.1. The van der Waals surface area contributed by atoms with Gasteiger partial charge in [-0.1, -0.05) is 29.8 Å². The zero-order valence-electron chi connectivity index (χ0n) is 13.6. The third-order valence-corrected chi connectivity index (χ3v) is 3.97. The molecule has 0 saturated carbocycles. The minimum absolute atomic E-state index is 0.0231. The second-order valence-corrected chi connectivity index (χ2v) is 5.84. The highest BCUT2D eigenvalue weighted by atomic mass is 35.5. The molecular formula is C18H20ClFN2O2. The number of rotatable bonds is 7. The molecule has 1 unspecified atom stereocenters. The Kier molecular flexibility index (Phi) is 6.58. The van der Waals surface area contributed by atoms with Gasteiger partial charge >= 0.3 is 0 Å². The Bertz CT molecular complexity index is 682. The quantitative estimate of drug-likeness (QED) is 0.825. The van der Waals surface area contributed by atoms with E-state index in [4.69, 9.17) is 16.3 Å². The minimum atomic E-state index is -0.516. The summed E-state index contributed by atoms with van der Waals surface area (Å²) in [6.45, 7) is 2.86. The van der Waals surface area contributed by atoms with Crippen LogP contribution in [0.2, 0.25) is 5.02 Å². The average molecular weight is 351 g/mol. The zero-order chi connectivity index (χ0) is 17.5. The molecule has 128 valence electrons. The van der Waals surface area contributed by atoms with E-state index in [2.05, 4.69) is 5.32 Å². The van der Waals surface area contributed by atoms with Crippen molar-refractivity contribution in [3.05, 3.63) is 59.4 Å². The van der Waals surface area contributed by atoms with Crippen molar-refractivity contribution in [2.75, 3.05) is 25.5 Å². The van der Waals surface area contributed by atoms with Crippen molar-refractivity contribution in [2.45, 2.75) is 13.0 Å². The average Bonchev–Trinajstić information content (AvgIpc) is 2.58. The van der Waals surface area contributed by atoms with Gasteiger partial charge in [-0.15, -0.1) is 0 Å². The summed E-state index contributed by atoms with van der Waals surface area (Å²) in [5.41, 5.74) is 0.465. The fourth-order valence-electron chi connectivity index (χ4n) is 2.04. The van der Waals surface area contributed by atoms with Crippen LogP contribution in [-0.4, -0.2) is 37.0 Å². The Balaban J connectivity index is 1.81. The lowest BCUT2D eigenvalue weighted by Crippen LogP contribution is -2.41. The van der Waals surface area contributed by atoms with Crippen LogP contribution in [0.15, 0.2) is 48.5 Å². The molecule has 4 nitrogen and oxygen atoms in total. The fourth-order valence-corrected chi connectivity index (χ4v) is 2.22. The van der Waals surface area contributed by atoms with Crippen molar-refractivity contribution in [3.8, 4) is 5.75 Å². The van der Waals surface area contributed by atoms with E-state index in [9.17, 15) is 9.18 Å². The molecule has 0 fully saturated rings. The molecule has 0 aliphatic heterocycles. The first-order valence-corrected chi connectivity index (χ1v) is 7.99. The molecular weight excluding hydrogens is 331 g/mol. The van der Waals surface area contributed by atoms with Gasteiger partial charge in [0.15, 0.2) is 0 Å². The molecule has 0 saturated heterocycles. The minimum Gasteiger partial charge on any atom is -0.492 e. The lowest BCUT2D eigenvalue weighted by molar-refractivity contribution is -0.120. The maximum Gasteiger partial charge on any atom is 0.241 e. The van der Waals surface area contributed by atoms with E-state index in [1.54, 1.807) is 6.92 Å². The first kappa shape index (κ1) is 18.2. The predicted octanol–water partition coefficient (Wildman–Crippen LogP) is 3.82. The molecule has 0 aliphatic rings. The molecule has 0 aromatic heterocycles. The number of anilines is 1. The van der Waals surface area contributed by atoms with Gasteiger partial charge < -0.3 is 10.1 Å². The van der Waals surface area contributed by atoms with Gasteiger partial charge in [0.2, 0.25) is 5.91 Å². The summed E-state index contributed by atoms with van der Waals surface area (Å²) < 4.78 is 18.8. The number of hydrogen-bond acceptors (Lipinski definition) is 3. The van der Waals surface area contributed by atoms with Crippen molar-refractivity contribution in [1.82, 2.24) is 4.90 Å². The van der Waals surface area contributed by atoms with Crippen molar-refractivity contribution in [1.29, 1.82) is 0 Å². The van der Waals surface area contributed by atoms with Gasteiger partial charge in [0.1, 0.15) is 18.2 Å². The maximum atomic E-state index is 13.1. The van der Waals surface area contributed by atoms with Crippen LogP contribution in [0.4, 0.5) is 10.1 Å². The summed E-state index contributed by atoms with van der Waals surface area (Å²) in [5.74, 6) is 0.0849. The highest BCUT2D eigenvalue weighted by molar-refractivity contribution is 6.31. The fraction of sp³-hybridized carbons (Fsp3) is 0.278. The van der Waals surface area contributed by atoms with E-state index < -0.39 is 5.82 Å². The van der Waals surface area contributed by atoms with Gasteiger partial charge in [-0.2, -0.15) is 0 Å². The zero-order valence-corrected chi connectivity index (χ0v) is 14.4. The number of hydrogen-bond donors (Lipinski definition) is 1. The van der Waals surface area contributed by atoms with Crippen LogP contribution in [0.3, 0.4) is 0 Å². The second kappa shape index (κ2) is 8.66. The summed E-state index contributed by atoms with van der Waals surface area (Å²) in [6, 6.07) is 13.2. The molecule has 1 N–H and O–H groups in total. The van der Waals surface area contributed by atoms with E-state index in [0.717, 1.165) is 5.75 Å². The summed E-state index contributed by atoms with van der Waals surface area (Å²) >= 11 is 5.71. The van der Waals surface area contributed by atoms with Gasteiger partial charge in [0.05, 0.1) is 11.1 Å². The molecule has 6 heteroatoms. The van der Waals surface area contributed by atoms with E-state index in [0.29, 0.717) is 18.8 Å². The smallest absolute Gasteiger partial charge is 0.241 e. The lowest BCUT2D eigenvalue weighted by atomic mass is 10.2. The number of nitrogens with zero attached hydrogens (tertiary/aromatic N) is 1. The standard InChI is InChI=1S/C18H20ClFN2O2/c1-13(18(23)21-14-8-9-17(20)16(19)12-14)22(2)10-11-24-15-6-4-3-5-7-15/h3-9,12-13H,10-11H2,1-2H3,(H,21,23). The van der Waals surface area contributed by atoms with E-state index in [1.165, 1.54) is 18.2 Å². The Hall–Kier alpha value is -2.11. The van der Waals surface area contributed by atoms with Gasteiger partial charge in [0, 0.05) is 12.2 Å². The number of benzene rings is 2. The summed E-state index contributed by atoms with van der Waals surface area (Å²) in [4.78, 5) is 14.1. The Morgan fingerprint density at radius 1 is 1.29 bits per heavy atom. The van der Waals surface area contributed by atoms with Crippen molar-refractivity contribution in [2.24, 2.45) is 0 Å². The number of amides is 1. The Labute approximate surface area is 146 Å². The molecule has 1 amide bonds. The van der Waals surface area contributed by atoms with Crippen LogP contribution in [0.25, 0.3) is 0 Å². The first-order valence-electron chi connectivity index (χ1n) is 7.61. The Morgan fingerprint density at radius 3 is 2.67 bits per heavy atom. The molecule has 0 aliphatic carbocycles. The number of likely N-dealkylation sites (N-methyl/N-ethyl adjacent to an activating group) is 1. The molecule has 0 radical (unpaired) electrons. The predicted molar refractivity (Wildman–Crippen MR) is 94.1 cm³/mol. The number of nitrogens with one attached hydrogen (secondary N) is 1. The third-order valence-electron chi connectivity index (χ3n) is 3.68. The summed E-state index contributed by atoms with van der Waals surface area (Å²) in [6.07, 6.45) is 0. The molecule has 0 bridgehead atoms. The SMILES string of the molecule is CC(C(=O)Nc1ccc(F)c(Cl)c1)N(C)CCOc1ccccc1. The molecule has 0 heterocycles. The van der Waals surface area contributed by atoms with Gasteiger partial charge in [-0.25, -0.2) is 4.39 Å². The van der Waals surface area contributed by atoms with E-state index >= 15 is 0 Å². The number of carbonyl (C=O) groups excluding carboxylic acids is 1. The molecule has 0 spiro atoms. The summed E-state index contributed by atoms with van der Waals surface area (Å²) in [5, 5.41) is 2.70. The van der Waals surface area contributed by atoms with Crippen molar-refractivity contribution < 1.29 is 13.9 Å². The highest BCUT2D eigenvalue weighted by Crippen LogP contribution is 2.19. The molecule has 2 aromatic carbocycles. The van der Waals surface area contributed by atoms with Crippen molar-refractivity contribution in [3.63, 3.8) is 0 Å². The molecule has 1 atom stereocenters. The van der Waals surface area contributed by atoms with Gasteiger partial charge in [0.25, 0.3) is 0 Å². The third kappa shape index (κ3) is 5.22. The number of para-hydroxylation sites is 1. The van der Waals surface area contributed by atoms with Crippen LogP contribution in [0, 0.1) is 5.82 Å². The van der Waals surface area contributed by atoms with Crippen LogP contribution in [0.1, 0.15) is 6.92 Å². The van der Waals surface area contributed by atoms with Gasteiger partial charge in [-0.05, 0) is 44.3 Å².